The van der Waals surface area contributed by atoms with E-state index in [-0.39, 0.29) is 0 Å². The molecular weight excluding hydrogens is 340 g/mol. The number of primary amides is 1. The molecule has 2 amide bonds. The number of carbonyl (C=O) groups excluding carboxylic acids is 2. The summed E-state index contributed by atoms with van der Waals surface area (Å²) < 4.78 is 0. The molecule has 0 saturated carbocycles. The topological polar surface area (TPSA) is 87.8 Å². The first-order valence-corrected chi connectivity index (χ1v) is 8.68. The third kappa shape index (κ3) is 6.97. The number of nitrogens with one attached hydrogen (secondary N) is 1. The monoisotopic (exact) mass is 364 g/mol. The highest BCUT2D eigenvalue weighted by molar-refractivity contribution is 6.17. The van der Waals surface area contributed by atoms with Crippen LogP contribution in [0.4, 0.5) is 5.69 Å². The molecule has 0 spiro atoms. The second-order valence-electron chi connectivity index (χ2n) is 5.49. The highest BCUT2D eigenvalue weighted by Crippen LogP contribution is 2.16. The van der Waals surface area contributed by atoms with E-state index in [1.165, 1.54) is 0 Å². The Morgan fingerprint density at radius 2 is 2.08 bits per heavy atom. The number of alkyl halides is 1. The predicted molar refractivity (Wildman–Crippen MR) is 102 cm³/mol. The first kappa shape index (κ1) is 20.7. The van der Waals surface area contributed by atoms with Gasteiger partial charge in [0.1, 0.15) is 5.84 Å². The Balaban J connectivity index is 3.29. The van der Waals surface area contributed by atoms with Gasteiger partial charge in [0.05, 0.1) is 11.6 Å². The maximum atomic E-state index is 11.7. The van der Waals surface area contributed by atoms with E-state index in [9.17, 15) is 9.59 Å². The summed E-state index contributed by atoms with van der Waals surface area (Å²) in [6, 6.07) is 9.44. The van der Waals surface area contributed by atoms with Crippen molar-refractivity contribution in [1.82, 2.24) is 10.2 Å². The fraction of sp³-hybridized carbons (Fsp3) is 0.389. The second kappa shape index (κ2) is 11.3. The Bertz CT molecular complexity index is 617. The molecule has 0 saturated heterocycles. The van der Waals surface area contributed by atoms with Gasteiger partial charge < -0.3 is 16.0 Å². The summed E-state index contributed by atoms with van der Waals surface area (Å²) in [5.41, 5.74) is 6.65. The number of hydrogen-bond acceptors (Lipinski definition) is 3. The van der Waals surface area contributed by atoms with E-state index in [1.54, 1.807) is 6.08 Å². The number of aliphatic imine (C=N–C) groups is 1. The van der Waals surface area contributed by atoms with Crippen molar-refractivity contribution in [3.8, 4) is 0 Å². The van der Waals surface area contributed by atoms with Gasteiger partial charge in [-0.25, -0.2) is 4.99 Å². The van der Waals surface area contributed by atoms with E-state index in [0.717, 1.165) is 12.1 Å². The summed E-state index contributed by atoms with van der Waals surface area (Å²) in [6.45, 7) is 2.52. The van der Waals surface area contributed by atoms with Crippen LogP contribution in [0, 0.1) is 5.92 Å². The molecule has 0 aromatic heterocycles. The van der Waals surface area contributed by atoms with E-state index in [0.29, 0.717) is 36.8 Å². The molecule has 0 heterocycles. The summed E-state index contributed by atoms with van der Waals surface area (Å²) >= 11 is 5.78. The molecule has 25 heavy (non-hydrogen) atoms. The number of benzene rings is 1. The molecule has 1 aromatic carbocycles. The van der Waals surface area contributed by atoms with Crippen LogP contribution >= 0.6 is 11.6 Å². The Hall–Kier alpha value is -2.34. The Morgan fingerprint density at radius 1 is 1.40 bits per heavy atom. The normalized spacial score (nSPS) is 13.2. The zero-order valence-electron chi connectivity index (χ0n) is 14.6. The van der Waals surface area contributed by atoms with Crippen LogP contribution in [0.2, 0.25) is 0 Å². The molecule has 0 aliphatic rings. The van der Waals surface area contributed by atoms with Crippen LogP contribution in [-0.4, -0.2) is 42.5 Å². The van der Waals surface area contributed by atoms with E-state index in [1.807, 2.05) is 49.2 Å². The predicted octanol–water partition coefficient (Wildman–Crippen LogP) is 2.42. The molecule has 0 aliphatic heterocycles. The van der Waals surface area contributed by atoms with Gasteiger partial charge in [-0.3, -0.25) is 9.59 Å². The highest BCUT2D eigenvalue weighted by Gasteiger charge is 2.19. The molecular formula is C18H25ClN4O2. The Labute approximate surface area is 153 Å². The van der Waals surface area contributed by atoms with Gasteiger partial charge in [0.2, 0.25) is 12.3 Å². The SMILES string of the molecule is CCC(C(N)=O)/C(=C/C(=Nc1ccccc1)N(C)CCCCl)NC=O. The lowest BCUT2D eigenvalue weighted by atomic mass is 10.0. The van der Waals surface area contributed by atoms with E-state index in [2.05, 4.69) is 10.3 Å². The number of nitrogens with two attached hydrogens (primary N) is 1. The number of carbonyl (C=O) groups is 2. The maximum Gasteiger partial charge on any atom is 0.226 e. The van der Waals surface area contributed by atoms with Crippen LogP contribution in [0.15, 0.2) is 47.1 Å². The van der Waals surface area contributed by atoms with Gasteiger partial charge in [-0.15, -0.1) is 11.6 Å². The van der Waals surface area contributed by atoms with Crippen molar-refractivity contribution in [2.45, 2.75) is 19.8 Å². The molecule has 1 unspecified atom stereocenters. The van der Waals surface area contributed by atoms with Gasteiger partial charge in [0.25, 0.3) is 0 Å². The van der Waals surface area contributed by atoms with Crippen molar-refractivity contribution in [3.63, 3.8) is 0 Å². The average Bonchev–Trinajstić information content (AvgIpc) is 2.60. The number of hydrogen-bond donors (Lipinski definition) is 2. The summed E-state index contributed by atoms with van der Waals surface area (Å²) in [5, 5.41) is 2.59. The standard InChI is InChI=1S/C18H25ClN4O2/c1-3-15(18(20)25)16(21-13-24)12-17(23(2)11-7-10-19)22-14-8-5-4-6-9-14/h4-6,8-9,12-13,15H,3,7,10-11H2,1-2H3,(H2,20,25)(H,21,24)/b16-12-,22-17?. The van der Waals surface area contributed by atoms with Crippen molar-refractivity contribution >= 4 is 35.4 Å². The van der Waals surface area contributed by atoms with E-state index < -0.39 is 11.8 Å². The molecule has 0 radical (unpaired) electrons. The molecule has 6 nitrogen and oxygen atoms in total. The molecule has 0 fully saturated rings. The lowest BCUT2D eigenvalue weighted by molar-refractivity contribution is -0.120. The number of amidine groups is 1. The van der Waals surface area contributed by atoms with Crippen LogP contribution < -0.4 is 11.1 Å². The number of amides is 2. The van der Waals surface area contributed by atoms with Gasteiger partial charge in [-0.1, -0.05) is 25.1 Å². The number of rotatable bonds is 10. The maximum absolute atomic E-state index is 11.7. The summed E-state index contributed by atoms with van der Waals surface area (Å²) in [4.78, 5) is 29.2. The molecule has 0 aliphatic carbocycles. The van der Waals surface area contributed by atoms with Crippen LogP contribution in [0.1, 0.15) is 19.8 Å². The number of para-hydroxylation sites is 1. The van der Waals surface area contributed by atoms with Crippen molar-refractivity contribution in [1.29, 1.82) is 0 Å². The summed E-state index contributed by atoms with van der Waals surface area (Å²) in [6.07, 6.45) is 3.49. The second-order valence-corrected chi connectivity index (χ2v) is 5.87. The van der Waals surface area contributed by atoms with Crippen LogP contribution in [0.25, 0.3) is 0 Å². The van der Waals surface area contributed by atoms with Gasteiger partial charge >= 0.3 is 0 Å². The Morgan fingerprint density at radius 3 is 2.60 bits per heavy atom. The minimum absolute atomic E-state index is 0.428. The average molecular weight is 365 g/mol. The number of nitrogens with zero attached hydrogens (tertiary/aromatic N) is 2. The van der Waals surface area contributed by atoms with E-state index >= 15 is 0 Å². The molecule has 1 aromatic rings. The minimum atomic E-state index is -0.590. The van der Waals surface area contributed by atoms with Gasteiger partial charge in [-0.05, 0) is 25.0 Å². The Kier molecular flexibility index (Phi) is 9.32. The number of halogens is 1. The smallest absolute Gasteiger partial charge is 0.226 e. The quantitative estimate of drug-likeness (QED) is 0.289. The van der Waals surface area contributed by atoms with Crippen LogP contribution in [-0.2, 0) is 9.59 Å². The molecule has 7 heteroatoms. The van der Waals surface area contributed by atoms with Gasteiger partial charge in [-0.2, -0.15) is 0 Å². The van der Waals surface area contributed by atoms with Crippen molar-refractivity contribution in [2.24, 2.45) is 16.6 Å². The third-order valence-electron chi connectivity index (χ3n) is 3.66. The van der Waals surface area contributed by atoms with Crippen LogP contribution in [0.3, 0.4) is 0 Å². The molecule has 136 valence electrons. The number of likely N-dealkylation sites (N-methyl/N-ethyl adjacent to an activating group) is 1. The van der Waals surface area contributed by atoms with Gasteiger partial charge in [0.15, 0.2) is 0 Å². The van der Waals surface area contributed by atoms with E-state index in [4.69, 9.17) is 17.3 Å². The van der Waals surface area contributed by atoms with Crippen molar-refractivity contribution in [3.05, 3.63) is 42.1 Å². The van der Waals surface area contributed by atoms with Gasteiger partial charge in [0, 0.05) is 31.2 Å². The largest absolute Gasteiger partial charge is 0.369 e. The first-order chi connectivity index (χ1) is 12.0. The summed E-state index contributed by atoms with van der Waals surface area (Å²) in [7, 11) is 1.88. The third-order valence-corrected chi connectivity index (χ3v) is 3.92. The zero-order valence-corrected chi connectivity index (χ0v) is 15.4. The van der Waals surface area contributed by atoms with Crippen molar-refractivity contribution in [2.75, 3.05) is 19.5 Å². The van der Waals surface area contributed by atoms with Crippen LogP contribution in [0.5, 0.6) is 0 Å². The molecule has 3 N–H and O–H groups in total. The minimum Gasteiger partial charge on any atom is -0.369 e. The lowest BCUT2D eigenvalue weighted by Gasteiger charge is -2.21. The lowest BCUT2D eigenvalue weighted by Crippen LogP contribution is -2.33. The molecule has 1 rings (SSSR count). The summed E-state index contributed by atoms with van der Waals surface area (Å²) in [5.74, 6) is 0.0592. The molecule has 0 bridgehead atoms. The first-order valence-electron chi connectivity index (χ1n) is 8.15. The van der Waals surface area contributed by atoms with Crippen molar-refractivity contribution < 1.29 is 9.59 Å². The fourth-order valence-corrected chi connectivity index (χ4v) is 2.42. The zero-order chi connectivity index (χ0) is 18.7. The highest BCUT2D eigenvalue weighted by atomic mass is 35.5. The molecule has 1 atom stereocenters. The fourth-order valence-electron chi connectivity index (χ4n) is 2.30.